The van der Waals surface area contributed by atoms with Gasteiger partial charge in [0.2, 0.25) is 5.91 Å². The number of rotatable bonds is 6. The second-order valence-electron chi connectivity index (χ2n) is 6.30. The van der Waals surface area contributed by atoms with E-state index in [1.807, 2.05) is 25.2 Å². The monoisotopic (exact) mass is 331 g/mol. The van der Waals surface area contributed by atoms with Gasteiger partial charge in [-0.15, -0.1) is 0 Å². The highest BCUT2D eigenvalue weighted by Gasteiger charge is 2.35. The molecule has 0 saturated carbocycles. The molecule has 2 rings (SSSR count). The number of nitrogens with one attached hydrogen (secondary N) is 1. The first-order chi connectivity index (χ1) is 11.4. The van der Waals surface area contributed by atoms with Gasteiger partial charge in [0.25, 0.3) is 0 Å². The van der Waals surface area contributed by atoms with Crippen molar-refractivity contribution < 1.29 is 14.7 Å². The number of nitrogens with zero attached hydrogens (tertiary/aromatic N) is 1. The van der Waals surface area contributed by atoms with Crippen molar-refractivity contribution in [2.24, 2.45) is 5.73 Å². The molecule has 0 radical (unpaired) electrons. The quantitative estimate of drug-likeness (QED) is 0.716. The van der Waals surface area contributed by atoms with Crippen molar-refractivity contribution in [2.75, 3.05) is 13.6 Å². The second-order valence-corrected chi connectivity index (χ2v) is 6.30. The summed E-state index contributed by atoms with van der Waals surface area (Å²) in [7, 11) is 1.93. The summed E-state index contributed by atoms with van der Waals surface area (Å²) in [5.74, 6) is -1.11. The molecule has 0 saturated heterocycles. The highest BCUT2D eigenvalue weighted by Crippen LogP contribution is 2.22. The van der Waals surface area contributed by atoms with Crippen LogP contribution in [-0.2, 0) is 16.0 Å². The van der Waals surface area contributed by atoms with Crippen molar-refractivity contribution in [3.8, 4) is 0 Å². The zero-order chi connectivity index (χ0) is 17.7. The predicted molar refractivity (Wildman–Crippen MR) is 92.5 cm³/mol. The molecule has 6 heteroatoms. The van der Waals surface area contributed by atoms with E-state index in [1.165, 1.54) is 12.5 Å². The lowest BCUT2D eigenvalue weighted by Gasteiger charge is -2.39. The molecule has 0 unspecified atom stereocenters. The van der Waals surface area contributed by atoms with E-state index in [2.05, 4.69) is 22.3 Å². The standard InChI is InChI=1S/C18H25N3O3/c1-12(22)20-17-15(19)10-14(18(23)24)11-16(17)21(2)9-8-13-6-4-3-5-7-13/h3-7,11,15-17H,8-10,19H2,1-2H3,(H,20,22)(H,23,24)/t15-,16-,17-/m1/s1. The van der Waals surface area contributed by atoms with Crippen LogP contribution in [0.25, 0.3) is 0 Å². The second kappa shape index (κ2) is 8.08. The molecular formula is C18H25N3O3. The third kappa shape index (κ3) is 4.66. The predicted octanol–water partition coefficient (Wildman–Crippen LogP) is 0.776. The van der Waals surface area contributed by atoms with Gasteiger partial charge in [-0.05, 0) is 25.5 Å². The van der Waals surface area contributed by atoms with Crippen molar-refractivity contribution in [3.05, 3.63) is 47.5 Å². The lowest BCUT2D eigenvalue weighted by atomic mass is 9.86. The Kier molecular flexibility index (Phi) is 6.11. The summed E-state index contributed by atoms with van der Waals surface area (Å²) >= 11 is 0. The maximum absolute atomic E-state index is 11.5. The van der Waals surface area contributed by atoms with Gasteiger partial charge in [0.05, 0.1) is 12.1 Å². The van der Waals surface area contributed by atoms with E-state index in [0.29, 0.717) is 5.57 Å². The zero-order valence-corrected chi connectivity index (χ0v) is 14.1. The minimum Gasteiger partial charge on any atom is -0.478 e. The van der Waals surface area contributed by atoms with Crippen LogP contribution in [0.1, 0.15) is 18.9 Å². The number of aliphatic carboxylic acids is 1. The summed E-state index contributed by atoms with van der Waals surface area (Å²) in [6.45, 7) is 2.19. The van der Waals surface area contributed by atoms with E-state index < -0.39 is 12.0 Å². The van der Waals surface area contributed by atoms with E-state index >= 15 is 0 Å². The Labute approximate surface area is 142 Å². The minimum atomic E-state index is -0.951. The summed E-state index contributed by atoms with van der Waals surface area (Å²) in [5, 5.41) is 12.2. The van der Waals surface area contributed by atoms with Crippen LogP contribution in [0, 0.1) is 0 Å². The molecule has 6 nitrogen and oxygen atoms in total. The molecule has 1 aromatic rings. The number of nitrogens with two attached hydrogens (primary N) is 1. The lowest BCUT2D eigenvalue weighted by Crippen LogP contribution is -2.60. The molecule has 4 N–H and O–H groups in total. The fourth-order valence-corrected chi connectivity index (χ4v) is 3.10. The largest absolute Gasteiger partial charge is 0.478 e. The van der Waals surface area contributed by atoms with Gasteiger partial charge in [0.1, 0.15) is 0 Å². The molecule has 1 aliphatic rings. The average Bonchev–Trinajstić information content (AvgIpc) is 2.54. The minimum absolute atomic E-state index is 0.163. The summed E-state index contributed by atoms with van der Waals surface area (Å²) in [4.78, 5) is 24.9. The van der Waals surface area contributed by atoms with Crippen molar-refractivity contribution >= 4 is 11.9 Å². The molecule has 0 aliphatic heterocycles. The Morgan fingerprint density at radius 3 is 2.58 bits per heavy atom. The van der Waals surface area contributed by atoms with Crippen LogP contribution >= 0.6 is 0 Å². The Hall–Kier alpha value is -2.18. The number of hydrogen-bond donors (Lipinski definition) is 3. The molecule has 0 spiro atoms. The fourth-order valence-electron chi connectivity index (χ4n) is 3.10. The van der Waals surface area contributed by atoms with Crippen LogP contribution in [0.2, 0.25) is 0 Å². The molecule has 1 aliphatic carbocycles. The van der Waals surface area contributed by atoms with E-state index in [-0.39, 0.29) is 24.4 Å². The van der Waals surface area contributed by atoms with Crippen LogP contribution < -0.4 is 11.1 Å². The maximum Gasteiger partial charge on any atom is 0.331 e. The molecule has 0 aromatic heterocycles. The van der Waals surface area contributed by atoms with E-state index in [9.17, 15) is 14.7 Å². The first-order valence-corrected chi connectivity index (χ1v) is 8.09. The Morgan fingerprint density at radius 1 is 1.33 bits per heavy atom. The first-order valence-electron chi connectivity index (χ1n) is 8.09. The maximum atomic E-state index is 11.5. The van der Waals surface area contributed by atoms with Crippen LogP contribution in [0.5, 0.6) is 0 Å². The number of carboxylic acid groups (broad SMARTS) is 1. The van der Waals surface area contributed by atoms with Crippen molar-refractivity contribution in [3.63, 3.8) is 0 Å². The SMILES string of the molecule is CC(=O)N[C@@H]1[C@H](N)CC(C(=O)O)=C[C@H]1N(C)CCc1ccccc1. The molecular weight excluding hydrogens is 306 g/mol. The van der Waals surface area contributed by atoms with Gasteiger partial charge in [-0.1, -0.05) is 36.4 Å². The summed E-state index contributed by atoms with van der Waals surface area (Å²) in [6, 6.07) is 9.12. The third-order valence-electron chi connectivity index (χ3n) is 4.41. The van der Waals surface area contributed by atoms with Gasteiger partial charge in [-0.3, -0.25) is 9.69 Å². The van der Waals surface area contributed by atoms with Gasteiger partial charge in [-0.2, -0.15) is 0 Å². The van der Waals surface area contributed by atoms with Crippen molar-refractivity contribution in [1.82, 2.24) is 10.2 Å². The van der Waals surface area contributed by atoms with Crippen LogP contribution in [-0.4, -0.2) is 53.6 Å². The Bertz CT molecular complexity index is 615. The summed E-state index contributed by atoms with van der Waals surface area (Å²) < 4.78 is 0. The molecule has 0 fully saturated rings. The number of amides is 1. The Balaban J connectivity index is 2.14. The molecule has 1 amide bonds. The molecule has 24 heavy (non-hydrogen) atoms. The zero-order valence-electron chi connectivity index (χ0n) is 14.1. The van der Waals surface area contributed by atoms with Gasteiger partial charge < -0.3 is 16.2 Å². The van der Waals surface area contributed by atoms with E-state index in [1.54, 1.807) is 6.08 Å². The summed E-state index contributed by atoms with van der Waals surface area (Å²) in [5.41, 5.74) is 7.66. The third-order valence-corrected chi connectivity index (χ3v) is 4.41. The Morgan fingerprint density at radius 2 is 2.00 bits per heavy atom. The highest BCUT2D eigenvalue weighted by molar-refractivity contribution is 5.87. The lowest BCUT2D eigenvalue weighted by molar-refractivity contribution is -0.133. The fraction of sp³-hybridized carbons (Fsp3) is 0.444. The van der Waals surface area contributed by atoms with Crippen LogP contribution in [0.3, 0.4) is 0 Å². The molecule has 3 atom stereocenters. The van der Waals surface area contributed by atoms with E-state index in [0.717, 1.165) is 13.0 Å². The molecule has 0 bridgehead atoms. The van der Waals surface area contributed by atoms with Crippen LogP contribution in [0.4, 0.5) is 0 Å². The number of hydrogen-bond acceptors (Lipinski definition) is 4. The molecule has 130 valence electrons. The average molecular weight is 331 g/mol. The van der Waals surface area contributed by atoms with E-state index in [4.69, 9.17) is 5.73 Å². The topological polar surface area (TPSA) is 95.7 Å². The van der Waals surface area contributed by atoms with Gasteiger partial charge in [-0.25, -0.2) is 4.79 Å². The van der Waals surface area contributed by atoms with Crippen molar-refractivity contribution in [2.45, 2.75) is 37.9 Å². The van der Waals surface area contributed by atoms with Gasteiger partial charge in [0, 0.05) is 25.1 Å². The number of likely N-dealkylation sites (N-methyl/N-ethyl adjacent to an activating group) is 1. The first kappa shape index (κ1) is 18.2. The molecule has 0 heterocycles. The van der Waals surface area contributed by atoms with Crippen LogP contribution in [0.15, 0.2) is 42.0 Å². The van der Waals surface area contributed by atoms with Crippen molar-refractivity contribution in [1.29, 1.82) is 0 Å². The normalized spacial score (nSPS) is 23.7. The van der Waals surface area contributed by atoms with Gasteiger partial charge in [0.15, 0.2) is 0 Å². The molecule has 1 aromatic carbocycles. The number of carbonyl (C=O) groups is 2. The number of carbonyl (C=O) groups excluding carboxylic acids is 1. The number of carboxylic acids is 1. The number of benzene rings is 1. The summed E-state index contributed by atoms with van der Waals surface area (Å²) in [6.07, 6.45) is 2.81. The smallest absolute Gasteiger partial charge is 0.331 e. The van der Waals surface area contributed by atoms with Gasteiger partial charge >= 0.3 is 5.97 Å². The highest BCUT2D eigenvalue weighted by atomic mass is 16.4.